The minimum absolute atomic E-state index is 0.238. The van der Waals surface area contributed by atoms with Gasteiger partial charge in [-0.15, -0.1) is 0 Å². The molecule has 0 saturated heterocycles. The highest BCUT2D eigenvalue weighted by atomic mass is 35.5. The third kappa shape index (κ3) is 5.76. The molecule has 0 amide bonds. The summed E-state index contributed by atoms with van der Waals surface area (Å²) in [5.41, 5.74) is 1.64. The van der Waals surface area contributed by atoms with Gasteiger partial charge in [-0.25, -0.2) is 0 Å². The first kappa shape index (κ1) is 18.7. The van der Waals surface area contributed by atoms with Crippen molar-refractivity contribution in [1.29, 1.82) is 0 Å². The number of hydrogen-bond acceptors (Lipinski definition) is 2. The van der Waals surface area contributed by atoms with E-state index >= 15 is 0 Å². The van der Waals surface area contributed by atoms with Gasteiger partial charge in [-0.3, -0.25) is 0 Å². The summed E-state index contributed by atoms with van der Waals surface area (Å²) in [7, 11) is 0. The first-order chi connectivity index (χ1) is 11.0. The van der Waals surface area contributed by atoms with Gasteiger partial charge in [0.25, 0.3) is 0 Å². The number of benzene rings is 2. The largest absolute Gasteiger partial charge is 0.488 e. The molecule has 0 fully saturated rings. The molecule has 0 atom stereocenters. The third-order valence-corrected chi connectivity index (χ3v) is 3.80. The molecule has 0 heterocycles. The van der Waals surface area contributed by atoms with Crippen molar-refractivity contribution in [3.63, 3.8) is 0 Å². The Bertz CT molecular complexity index is 699. The van der Waals surface area contributed by atoms with Gasteiger partial charge in [-0.1, -0.05) is 29.8 Å². The summed E-state index contributed by atoms with van der Waals surface area (Å²) < 4.78 is 12.0. The fraction of sp³-hybridized carbons (Fsp3) is 0.429. The van der Waals surface area contributed by atoms with E-state index in [0.29, 0.717) is 5.02 Å². The van der Waals surface area contributed by atoms with Crippen LogP contribution in [0.1, 0.15) is 45.7 Å². The second kappa shape index (κ2) is 7.06. The van der Waals surface area contributed by atoms with E-state index in [1.807, 2.05) is 57.2 Å². The van der Waals surface area contributed by atoms with Crippen LogP contribution in [-0.2, 0) is 6.42 Å². The van der Waals surface area contributed by atoms with Gasteiger partial charge in [0.1, 0.15) is 22.7 Å². The lowest BCUT2D eigenvalue weighted by Gasteiger charge is -2.28. The van der Waals surface area contributed by atoms with Crippen LogP contribution < -0.4 is 9.47 Å². The average Bonchev–Trinajstić information content (AvgIpc) is 2.39. The Labute approximate surface area is 150 Å². The lowest BCUT2D eigenvalue weighted by Crippen LogP contribution is -2.31. The molecule has 0 radical (unpaired) electrons. The lowest BCUT2D eigenvalue weighted by atomic mass is 9.98. The van der Waals surface area contributed by atoms with Crippen LogP contribution in [0.5, 0.6) is 11.5 Å². The van der Waals surface area contributed by atoms with Crippen LogP contribution in [0, 0.1) is 6.92 Å². The van der Waals surface area contributed by atoms with Gasteiger partial charge < -0.3 is 9.47 Å². The second-order valence-electron chi connectivity index (χ2n) is 7.82. The normalized spacial score (nSPS) is 12.1. The van der Waals surface area contributed by atoms with E-state index in [2.05, 4.69) is 26.8 Å². The molecule has 3 heteroatoms. The van der Waals surface area contributed by atoms with Gasteiger partial charge >= 0.3 is 0 Å². The van der Waals surface area contributed by atoms with E-state index in [1.165, 1.54) is 5.56 Å². The van der Waals surface area contributed by atoms with Gasteiger partial charge in [-0.2, -0.15) is 0 Å². The molecule has 130 valence electrons. The Hall–Kier alpha value is -1.67. The molecule has 0 bridgehead atoms. The van der Waals surface area contributed by atoms with E-state index in [1.54, 1.807) is 0 Å². The molecule has 0 aliphatic heterocycles. The number of rotatable bonds is 5. The van der Waals surface area contributed by atoms with Crippen molar-refractivity contribution in [2.45, 2.75) is 59.2 Å². The highest BCUT2D eigenvalue weighted by Gasteiger charge is 2.22. The van der Waals surface area contributed by atoms with Crippen molar-refractivity contribution in [2.24, 2.45) is 0 Å². The zero-order chi connectivity index (χ0) is 18.0. The van der Waals surface area contributed by atoms with Gasteiger partial charge in [0, 0.05) is 11.4 Å². The van der Waals surface area contributed by atoms with Crippen LogP contribution >= 0.6 is 11.6 Å². The molecule has 0 spiro atoms. The minimum atomic E-state index is -0.357. The van der Waals surface area contributed by atoms with Gasteiger partial charge in [0.15, 0.2) is 0 Å². The Morgan fingerprint density at radius 1 is 0.875 bits per heavy atom. The molecule has 0 saturated carbocycles. The summed E-state index contributed by atoms with van der Waals surface area (Å²) in [6, 6.07) is 14.0. The summed E-state index contributed by atoms with van der Waals surface area (Å²) >= 11 is 6.46. The van der Waals surface area contributed by atoms with Gasteiger partial charge in [0.05, 0.1) is 0 Å². The highest BCUT2D eigenvalue weighted by molar-refractivity contribution is 6.31. The summed E-state index contributed by atoms with van der Waals surface area (Å²) in [4.78, 5) is 0. The zero-order valence-electron chi connectivity index (χ0n) is 15.4. The number of aryl methyl sites for hydroxylation is 1. The van der Waals surface area contributed by atoms with Gasteiger partial charge in [-0.05, 0) is 76.9 Å². The molecule has 2 aromatic carbocycles. The number of halogens is 1. The zero-order valence-corrected chi connectivity index (χ0v) is 16.2. The van der Waals surface area contributed by atoms with Crippen molar-refractivity contribution < 1.29 is 9.47 Å². The van der Waals surface area contributed by atoms with Crippen molar-refractivity contribution >= 4 is 11.6 Å². The van der Waals surface area contributed by atoms with Crippen LogP contribution in [0.2, 0.25) is 5.02 Å². The van der Waals surface area contributed by atoms with E-state index in [9.17, 15) is 0 Å². The van der Waals surface area contributed by atoms with Crippen LogP contribution in [0.4, 0.5) is 0 Å². The van der Waals surface area contributed by atoms with E-state index in [-0.39, 0.29) is 11.2 Å². The monoisotopic (exact) mass is 346 g/mol. The second-order valence-corrected chi connectivity index (χ2v) is 8.23. The number of hydrogen-bond donors (Lipinski definition) is 0. The fourth-order valence-electron chi connectivity index (χ4n) is 2.58. The Balaban J connectivity index is 2.11. The van der Waals surface area contributed by atoms with Crippen molar-refractivity contribution in [1.82, 2.24) is 0 Å². The molecule has 0 aliphatic carbocycles. The summed E-state index contributed by atoms with van der Waals surface area (Å²) in [5.74, 6) is 1.66. The van der Waals surface area contributed by atoms with Crippen LogP contribution in [0.3, 0.4) is 0 Å². The molecule has 0 aliphatic rings. The Kier molecular flexibility index (Phi) is 5.49. The summed E-state index contributed by atoms with van der Waals surface area (Å²) in [6.07, 6.45) is 0.718. The first-order valence-electron chi connectivity index (χ1n) is 8.27. The van der Waals surface area contributed by atoms with E-state index in [0.717, 1.165) is 23.5 Å². The molecule has 0 N–H and O–H groups in total. The average molecular weight is 347 g/mol. The molecular formula is C21H27ClO2. The molecular weight excluding hydrogens is 320 g/mol. The van der Waals surface area contributed by atoms with Crippen molar-refractivity contribution in [3.8, 4) is 11.5 Å². The van der Waals surface area contributed by atoms with Crippen LogP contribution in [0.25, 0.3) is 0 Å². The molecule has 24 heavy (non-hydrogen) atoms. The van der Waals surface area contributed by atoms with Crippen LogP contribution in [0.15, 0.2) is 42.5 Å². The topological polar surface area (TPSA) is 18.5 Å². The Morgan fingerprint density at radius 2 is 1.54 bits per heavy atom. The highest BCUT2D eigenvalue weighted by Crippen LogP contribution is 2.30. The molecule has 2 rings (SSSR count). The molecule has 0 aromatic heterocycles. The standard InChI is InChI=1S/C21H27ClO2/c1-15-8-7-9-17(12-15)24-21(5,6)14-16-10-11-18(13-19(16)22)23-20(2,3)4/h7-13H,14H2,1-6H3. The molecule has 2 aromatic rings. The Morgan fingerprint density at radius 3 is 2.12 bits per heavy atom. The van der Waals surface area contributed by atoms with Crippen molar-refractivity contribution in [2.75, 3.05) is 0 Å². The fourth-order valence-corrected chi connectivity index (χ4v) is 2.82. The van der Waals surface area contributed by atoms with E-state index < -0.39 is 0 Å². The lowest BCUT2D eigenvalue weighted by molar-refractivity contribution is 0.109. The maximum atomic E-state index is 6.46. The first-order valence-corrected chi connectivity index (χ1v) is 8.65. The molecule has 2 nitrogen and oxygen atoms in total. The SMILES string of the molecule is Cc1cccc(OC(C)(C)Cc2ccc(OC(C)(C)C)cc2Cl)c1. The smallest absolute Gasteiger partial charge is 0.121 e. The summed E-state index contributed by atoms with van der Waals surface area (Å²) in [6.45, 7) is 12.3. The van der Waals surface area contributed by atoms with E-state index in [4.69, 9.17) is 21.1 Å². The summed E-state index contributed by atoms with van der Waals surface area (Å²) in [5, 5.41) is 0.706. The maximum Gasteiger partial charge on any atom is 0.121 e. The van der Waals surface area contributed by atoms with Crippen molar-refractivity contribution in [3.05, 3.63) is 58.6 Å². The van der Waals surface area contributed by atoms with Gasteiger partial charge in [0.2, 0.25) is 0 Å². The molecule has 0 unspecified atom stereocenters. The quantitative estimate of drug-likeness (QED) is 0.639. The number of ether oxygens (including phenoxy) is 2. The van der Waals surface area contributed by atoms with Crippen LogP contribution in [-0.4, -0.2) is 11.2 Å². The predicted molar refractivity (Wildman–Crippen MR) is 101 cm³/mol. The predicted octanol–water partition coefficient (Wildman–Crippen LogP) is 6.23. The third-order valence-electron chi connectivity index (χ3n) is 3.45. The maximum absolute atomic E-state index is 6.46. The minimum Gasteiger partial charge on any atom is -0.488 e.